The normalized spacial score (nSPS) is 14.2. The first-order valence-corrected chi connectivity index (χ1v) is 8.02. The fourth-order valence-corrected chi connectivity index (χ4v) is 3.02. The number of carbonyl (C=O) groups is 1. The third kappa shape index (κ3) is 2.80. The standard InChI is InChI=1S/C17H18N6O/c24-17(14-5-3-6-18-11-14)22-9-4-10-23-15(19-20-16(23)13-22)12-21-7-1-2-8-21/h1-3,5-8,11H,4,9-10,12-13H2. The molecular formula is C17H18N6O. The highest BCUT2D eigenvalue weighted by atomic mass is 16.2. The van der Waals surface area contributed by atoms with Crippen LogP contribution in [0.2, 0.25) is 0 Å². The lowest BCUT2D eigenvalue weighted by Crippen LogP contribution is -2.31. The van der Waals surface area contributed by atoms with E-state index in [1.54, 1.807) is 24.5 Å². The highest BCUT2D eigenvalue weighted by Crippen LogP contribution is 2.16. The first kappa shape index (κ1) is 14.6. The molecule has 0 unspecified atom stereocenters. The van der Waals surface area contributed by atoms with Crippen LogP contribution in [-0.4, -0.2) is 41.7 Å². The monoisotopic (exact) mass is 322 g/mol. The molecule has 7 heteroatoms. The van der Waals surface area contributed by atoms with E-state index in [1.165, 1.54) is 0 Å². The topological polar surface area (TPSA) is 68.8 Å². The molecule has 24 heavy (non-hydrogen) atoms. The predicted molar refractivity (Wildman–Crippen MR) is 87.2 cm³/mol. The van der Waals surface area contributed by atoms with Gasteiger partial charge in [0.15, 0.2) is 11.6 Å². The minimum atomic E-state index is -0.00786. The SMILES string of the molecule is O=C(c1cccnc1)N1CCCn2c(nnc2Cn2cccc2)C1. The van der Waals surface area contributed by atoms with Gasteiger partial charge in [0.1, 0.15) is 0 Å². The average Bonchev–Trinajstić information content (AvgIpc) is 3.20. The fraction of sp³-hybridized carbons (Fsp3) is 0.294. The minimum absolute atomic E-state index is 0.00786. The van der Waals surface area contributed by atoms with Crippen molar-refractivity contribution in [2.45, 2.75) is 26.1 Å². The van der Waals surface area contributed by atoms with Crippen molar-refractivity contribution in [3.63, 3.8) is 0 Å². The van der Waals surface area contributed by atoms with Crippen LogP contribution in [0, 0.1) is 0 Å². The molecule has 0 aliphatic carbocycles. The maximum atomic E-state index is 12.6. The molecule has 0 saturated carbocycles. The second-order valence-corrected chi connectivity index (χ2v) is 5.86. The van der Waals surface area contributed by atoms with Crippen molar-refractivity contribution in [2.24, 2.45) is 0 Å². The molecule has 0 N–H and O–H groups in total. The van der Waals surface area contributed by atoms with Gasteiger partial charge >= 0.3 is 0 Å². The van der Waals surface area contributed by atoms with Crippen LogP contribution in [0.1, 0.15) is 28.4 Å². The Balaban J connectivity index is 1.55. The summed E-state index contributed by atoms with van der Waals surface area (Å²) in [6.45, 7) is 2.71. The van der Waals surface area contributed by atoms with Gasteiger partial charge in [0.2, 0.25) is 0 Å². The summed E-state index contributed by atoms with van der Waals surface area (Å²) in [4.78, 5) is 18.5. The zero-order valence-corrected chi connectivity index (χ0v) is 13.2. The molecule has 4 heterocycles. The van der Waals surface area contributed by atoms with Crippen LogP contribution >= 0.6 is 0 Å². The summed E-state index contributed by atoms with van der Waals surface area (Å²) in [6, 6.07) is 7.56. The van der Waals surface area contributed by atoms with Gasteiger partial charge in [-0.05, 0) is 30.7 Å². The Kier molecular flexibility index (Phi) is 3.82. The molecule has 4 rings (SSSR count). The van der Waals surface area contributed by atoms with Crippen LogP contribution in [0.25, 0.3) is 0 Å². The molecular weight excluding hydrogens is 304 g/mol. The molecule has 0 radical (unpaired) electrons. The molecule has 1 aliphatic rings. The van der Waals surface area contributed by atoms with E-state index in [4.69, 9.17) is 0 Å². The summed E-state index contributed by atoms with van der Waals surface area (Å²) in [7, 11) is 0. The third-order valence-electron chi connectivity index (χ3n) is 4.23. The van der Waals surface area contributed by atoms with Gasteiger partial charge in [0.05, 0.1) is 18.7 Å². The molecule has 1 amide bonds. The van der Waals surface area contributed by atoms with Crippen LogP contribution in [0.5, 0.6) is 0 Å². The molecule has 0 spiro atoms. The van der Waals surface area contributed by atoms with Crippen molar-refractivity contribution >= 4 is 5.91 Å². The average molecular weight is 322 g/mol. The number of hydrogen-bond acceptors (Lipinski definition) is 4. The highest BCUT2D eigenvalue weighted by Gasteiger charge is 2.23. The van der Waals surface area contributed by atoms with E-state index >= 15 is 0 Å². The van der Waals surface area contributed by atoms with Crippen molar-refractivity contribution in [3.05, 3.63) is 66.3 Å². The minimum Gasteiger partial charge on any atom is -0.347 e. The van der Waals surface area contributed by atoms with Crippen LogP contribution in [0.15, 0.2) is 49.1 Å². The van der Waals surface area contributed by atoms with E-state index in [-0.39, 0.29) is 5.91 Å². The van der Waals surface area contributed by atoms with Crippen LogP contribution in [0.4, 0.5) is 0 Å². The zero-order chi connectivity index (χ0) is 16.4. The highest BCUT2D eigenvalue weighted by molar-refractivity contribution is 5.93. The number of pyridine rings is 1. The maximum absolute atomic E-state index is 12.6. The lowest BCUT2D eigenvalue weighted by atomic mass is 10.2. The smallest absolute Gasteiger partial charge is 0.255 e. The Labute approximate surface area is 139 Å². The van der Waals surface area contributed by atoms with Crippen molar-refractivity contribution in [1.82, 2.24) is 29.2 Å². The van der Waals surface area contributed by atoms with Gasteiger partial charge in [-0.25, -0.2) is 0 Å². The first-order chi connectivity index (χ1) is 11.8. The van der Waals surface area contributed by atoms with E-state index < -0.39 is 0 Å². The second kappa shape index (κ2) is 6.27. The van der Waals surface area contributed by atoms with Gasteiger partial charge in [0.25, 0.3) is 5.91 Å². The maximum Gasteiger partial charge on any atom is 0.255 e. The Morgan fingerprint density at radius 2 is 2.00 bits per heavy atom. The van der Waals surface area contributed by atoms with Gasteiger partial charge < -0.3 is 14.0 Å². The molecule has 122 valence electrons. The lowest BCUT2D eigenvalue weighted by Gasteiger charge is -2.19. The molecule has 0 fully saturated rings. The van der Waals surface area contributed by atoms with Crippen molar-refractivity contribution in [3.8, 4) is 0 Å². The molecule has 3 aromatic rings. The van der Waals surface area contributed by atoms with E-state index in [1.807, 2.05) is 29.4 Å². The van der Waals surface area contributed by atoms with Gasteiger partial charge in [-0.2, -0.15) is 0 Å². The van der Waals surface area contributed by atoms with E-state index in [2.05, 4.69) is 24.3 Å². The van der Waals surface area contributed by atoms with E-state index in [0.29, 0.717) is 25.2 Å². The number of carbonyl (C=O) groups excluding carboxylic acids is 1. The third-order valence-corrected chi connectivity index (χ3v) is 4.23. The van der Waals surface area contributed by atoms with Gasteiger partial charge in [-0.15, -0.1) is 10.2 Å². The van der Waals surface area contributed by atoms with Crippen LogP contribution < -0.4 is 0 Å². The zero-order valence-electron chi connectivity index (χ0n) is 13.2. The molecule has 1 aliphatic heterocycles. The summed E-state index contributed by atoms with van der Waals surface area (Å²) in [5.41, 5.74) is 0.609. The molecule has 0 atom stereocenters. The van der Waals surface area contributed by atoms with Gasteiger partial charge in [-0.1, -0.05) is 0 Å². The molecule has 3 aromatic heterocycles. The number of rotatable bonds is 3. The van der Waals surface area contributed by atoms with Crippen molar-refractivity contribution in [2.75, 3.05) is 6.54 Å². The summed E-state index contributed by atoms with van der Waals surface area (Å²) in [6.07, 6.45) is 8.18. The Morgan fingerprint density at radius 3 is 2.79 bits per heavy atom. The molecule has 0 aromatic carbocycles. The van der Waals surface area contributed by atoms with E-state index in [0.717, 1.165) is 24.6 Å². The van der Waals surface area contributed by atoms with Gasteiger partial charge in [0, 0.05) is 37.9 Å². The number of aromatic nitrogens is 5. The molecule has 7 nitrogen and oxygen atoms in total. The van der Waals surface area contributed by atoms with E-state index in [9.17, 15) is 4.79 Å². The number of nitrogens with zero attached hydrogens (tertiary/aromatic N) is 6. The molecule has 0 saturated heterocycles. The predicted octanol–water partition coefficient (Wildman–Crippen LogP) is 1.57. The van der Waals surface area contributed by atoms with Crippen LogP contribution in [0.3, 0.4) is 0 Å². The first-order valence-electron chi connectivity index (χ1n) is 8.02. The second-order valence-electron chi connectivity index (χ2n) is 5.86. The summed E-state index contributed by atoms with van der Waals surface area (Å²) in [5, 5.41) is 8.64. The summed E-state index contributed by atoms with van der Waals surface area (Å²) >= 11 is 0. The quantitative estimate of drug-likeness (QED) is 0.734. The fourth-order valence-electron chi connectivity index (χ4n) is 3.02. The van der Waals surface area contributed by atoms with Crippen LogP contribution in [-0.2, 0) is 19.6 Å². The largest absolute Gasteiger partial charge is 0.347 e. The Bertz CT molecular complexity index is 824. The Morgan fingerprint density at radius 1 is 1.12 bits per heavy atom. The van der Waals surface area contributed by atoms with Crippen molar-refractivity contribution in [1.29, 1.82) is 0 Å². The number of fused-ring (bicyclic) bond motifs is 1. The van der Waals surface area contributed by atoms with Crippen molar-refractivity contribution < 1.29 is 4.79 Å². The summed E-state index contributed by atoms with van der Waals surface area (Å²) in [5.74, 6) is 1.76. The molecule has 0 bridgehead atoms. The number of amides is 1. The lowest BCUT2D eigenvalue weighted by molar-refractivity contribution is 0.0743. The summed E-state index contributed by atoms with van der Waals surface area (Å²) < 4.78 is 4.21. The van der Waals surface area contributed by atoms with Gasteiger partial charge in [-0.3, -0.25) is 9.78 Å². The Hall–Kier alpha value is -2.96. The number of hydrogen-bond donors (Lipinski definition) is 0.